The number of para-hydroxylation sites is 3. The number of amides is 2. The lowest BCUT2D eigenvalue weighted by molar-refractivity contribution is -0.122. The van der Waals surface area contributed by atoms with Crippen LogP contribution in [-0.2, 0) is 14.3 Å². The van der Waals surface area contributed by atoms with Crippen LogP contribution in [0.3, 0.4) is 0 Å². The molecular formula is C20H21N3O4. The van der Waals surface area contributed by atoms with Gasteiger partial charge in [-0.25, -0.2) is 4.79 Å². The molecule has 1 atom stereocenters. The average molecular weight is 367 g/mol. The molecule has 3 rings (SSSR count). The first kappa shape index (κ1) is 18.4. The molecule has 140 valence electrons. The number of nitrogens with zero attached hydrogens (tertiary/aromatic N) is 1. The van der Waals surface area contributed by atoms with Gasteiger partial charge in [-0.3, -0.25) is 9.59 Å². The molecule has 7 heteroatoms. The number of nitrogens with one attached hydrogen (secondary N) is 1. The van der Waals surface area contributed by atoms with E-state index in [2.05, 4.69) is 5.32 Å². The van der Waals surface area contributed by atoms with Gasteiger partial charge in [-0.05, 0) is 37.6 Å². The number of carbonyl (C=O) groups excluding carboxylic acids is 3. The van der Waals surface area contributed by atoms with Crippen molar-refractivity contribution in [2.75, 3.05) is 22.6 Å². The quantitative estimate of drug-likeness (QED) is 0.641. The van der Waals surface area contributed by atoms with Crippen molar-refractivity contribution >= 4 is 34.8 Å². The van der Waals surface area contributed by atoms with Gasteiger partial charge in [0.05, 0.1) is 16.9 Å². The van der Waals surface area contributed by atoms with Crippen molar-refractivity contribution in [3.05, 3.63) is 53.6 Å². The number of fused-ring (bicyclic) bond motifs is 1. The van der Waals surface area contributed by atoms with Gasteiger partial charge in [-0.15, -0.1) is 0 Å². The summed E-state index contributed by atoms with van der Waals surface area (Å²) in [5, 5.41) is 2.78. The third-order valence-electron chi connectivity index (χ3n) is 4.50. The zero-order valence-corrected chi connectivity index (χ0v) is 15.2. The van der Waals surface area contributed by atoms with Gasteiger partial charge in [0.1, 0.15) is 0 Å². The van der Waals surface area contributed by atoms with E-state index < -0.39 is 18.5 Å². The maximum absolute atomic E-state index is 12.8. The summed E-state index contributed by atoms with van der Waals surface area (Å²) in [5.41, 5.74) is 8.36. The van der Waals surface area contributed by atoms with Crippen LogP contribution in [0.1, 0.15) is 29.3 Å². The van der Waals surface area contributed by atoms with Gasteiger partial charge in [-0.2, -0.15) is 0 Å². The van der Waals surface area contributed by atoms with Crippen LogP contribution in [-0.4, -0.2) is 30.4 Å². The number of esters is 1. The molecule has 0 radical (unpaired) electrons. The molecule has 1 heterocycles. The summed E-state index contributed by atoms with van der Waals surface area (Å²) in [6, 6.07) is 11.7. The summed E-state index contributed by atoms with van der Waals surface area (Å²) in [6.45, 7) is 3.12. The number of hydrogen-bond acceptors (Lipinski definition) is 5. The summed E-state index contributed by atoms with van der Waals surface area (Å²) in [4.78, 5) is 38.6. The average Bonchev–Trinajstić information content (AvgIpc) is 2.76. The SMILES string of the molecule is Cc1cccc(C(=O)OCC(=O)N2c3ccccc3NC(=O)C[C@H]2C)c1N. The number of carbonyl (C=O) groups is 3. The molecule has 0 unspecified atom stereocenters. The van der Waals surface area contributed by atoms with Crippen LogP contribution in [0, 0.1) is 6.92 Å². The second-order valence-corrected chi connectivity index (χ2v) is 6.49. The highest BCUT2D eigenvalue weighted by Crippen LogP contribution is 2.31. The zero-order chi connectivity index (χ0) is 19.6. The molecule has 0 bridgehead atoms. The fraction of sp³-hybridized carbons (Fsp3) is 0.250. The molecule has 3 N–H and O–H groups in total. The van der Waals surface area contributed by atoms with E-state index in [-0.39, 0.29) is 23.9 Å². The Morgan fingerprint density at radius 2 is 1.96 bits per heavy atom. The molecule has 0 aliphatic carbocycles. The van der Waals surface area contributed by atoms with Crippen molar-refractivity contribution < 1.29 is 19.1 Å². The number of aryl methyl sites for hydroxylation is 1. The van der Waals surface area contributed by atoms with E-state index in [0.717, 1.165) is 5.56 Å². The van der Waals surface area contributed by atoms with Crippen molar-refractivity contribution in [3.63, 3.8) is 0 Å². The number of nitrogen functional groups attached to an aromatic ring is 1. The minimum absolute atomic E-state index is 0.152. The largest absolute Gasteiger partial charge is 0.452 e. The van der Waals surface area contributed by atoms with Crippen molar-refractivity contribution in [2.45, 2.75) is 26.3 Å². The fourth-order valence-electron chi connectivity index (χ4n) is 3.10. The molecule has 27 heavy (non-hydrogen) atoms. The maximum Gasteiger partial charge on any atom is 0.340 e. The molecule has 2 aromatic carbocycles. The van der Waals surface area contributed by atoms with Crippen molar-refractivity contribution in [1.29, 1.82) is 0 Å². The molecule has 0 saturated carbocycles. The van der Waals surface area contributed by atoms with Crippen molar-refractivity contribution in [3.8, 4) is 0 Å². The summed E-state index contributed by atoms with van der Waals surface area (Å²) in [6.07, 6.45) is 0.152. The maximum atomic E-state index is 12.8. The van der Waals surface area contributed by atoms with Gasteiger partial charge < -0.3 is 20.7 Å². The molecule has 2 amide bonds. The van der Waals surface area contributed by atoms with Gasteiger partial charge in [0.25, 0.3) is 5.91 Å². The molecule has 7 nitrogen and oxygen atoms in total. The Balaban J connectivity index is 1.78. The second-order valence-electron chi connectivity index (χ2n) is 6.49. The van der Waals surface area contributed by atoms with E-state index >= 15 is 0 Å². The van der Waals surface area contributed by atoms with Crippen LogP contribution in [0.2, 0.25) is 0 Å². The Bertz CT molecular complexity index is 910. The summed E-state index contributed by atoms with van der Waals surface area (Å²) >= 11 is 0. The predicted molar refractivity (Wildman–Crippen MR) is 103 cm³/mol. The Kier molecular flexibility index (Phi) is 5.12. The number of rotatable bonds is 3. The zero-order valence-electron chi connectivity index (χ0n) is 15.2. The Labute approximate surface area is 157 Å². The lowest BCUT2D eigenvalue weighted by Gasteiger charge is -2.27. The molecule has 0 spiro atoms. The lowest BCUT2D eigenvalue weighted by Crippen LogP contribution is -2.41. The highest BCUT2D eigenvalue weighted by atomic mass is 16.5. The lowest BCUT2D eigenvalue weighted by atomic mass is 10.1. The van der Waals surface area contributed by atoms with Crippen LogP contribution < -0.4 is 16.0 Å². The first-order valence-corrected chi connectivity index (χ1v) is 8.61. The molecule has 2 aromatic rings. The van der Waals surface area contributed by atoms with Crippen molar-refractivity contribution in [2.24, 2.45) is 0 Å². The van der Waals surface area contributed by atoms with E-state index in [1.807, 2.05) is 0 Å². The van der Waals surface area contributed by atoms with E-state index in [4.69, 9.17) is 10.5 Å². The van der Waals surface area contributed by atoms with Crippen LogP contribution in [0.4, 0.5) is 17.1 Å². The van der Waals surface area contributed by atoms with E-state index in [1.54, 1.807) is 56.3 Å². The number of anilines is 3. The highest BCUT2D eigenvalue weighted by Gasteiger charge is 2.30. The molecular weight excluding hydrogens is 346 g/mol. The first-order valence-electron chi connectivity index (χ1n) is 8.61. The Hall–Kier alpha value is -3.35. The van der Waals surface area contributed by atoms with E-state index in [1.165, 1.54) is 4.90 Å². The van der Waals surface area contributed by atoms with Gasteiger partial charge in [0, 0.05) is 18.2 Å². The van der Waals surface area contributed by atoms with Crippen LogP contribution >= 0.6 is 0 Å². The van der Waals surface area contributed by atoms with E-state index in [0.29, 0.717) is 17.1 Å². The topological polar surface area (TPSA) is 102 Å². The minimum Gasteiger partial charge on any atom is -0.452 e. The number of hydrogen-bond donors (Lipinski definition) is 2. The van der Waals surface area contributed by atoms with Crippen molar-refractivity contribution in [1.82, 2.24) is 0 Å². The second kappa shape index (κ2) is 7.49. The third-order valence-corrected chi connectivity index (χ3v) is 4.50. The molecule has 0 saturated heterocycles. The van der Waals surface area contributed by atoms with Gasteiger partial charge in [0.2, 0.25) is 5.91 Å². The Morgan fingerprint density at radius 1 is 1.22 bits per heavy atom. The van der Waals surface area contributed by atoms with E-state index in [9.17, 15) is 14.4 Å². The normalized spacial score (nSPS) is 16.1. The van der Waals surface area contributed by atoms with Gasteiger partial charge in [0.15, 0.2) is 6.61 Å². The summed E-state index contributed by atoms with van der Waals surface area (Å²) < 4.78 is 5.19. The van der Waals surface area contributed by atoms with Crippen LogP contribution in [0.5, 0.6) is 0 Å². The first-order chi connectivity index (χ1) is 12.9. The monoisotopic (exact) mass is 367 g/mol. The van der Waals surface area contributed by atoms with Crippen LogP contribution in [0.15, 0.2) is 42.5 Å². The molecule has 1 aliphatic rings. The fourth-order valence-corrected chi connectivity index (χ4v) is 3.10. The minimum atomic E-state index is -0.658. The number of nitrogens with two attached hydrogens (primary N) is 1. The molecule has 0 aromatic heterocycles. The molecule has 0 fully saturated rings. The third kappa shape index (κ3) is 3.76. The Morgan fingerprint density at radius 3 is 2.74 bits per heavy atom. The van der Waals surface area contributed by atoms with Crippen LogP contribution in [0.25, 0.3) is 0 Å². The summed E-state index contributed by atoms with van der Waals surface area (Å²) in [7, 11) is 0. The summed E-state index contributed by atoms with van der Waals surface area (Å²) in [5.74, 6) is -1.24. The highest BCUT2D eigenvalue weighted by molar-refractivity contribution is 6.05. The van der Waals surface area contributed by atoms with Gasteiger partial charge >= 0.3 is 5.97 Å². The number of ether oxygens (including phenoxy) is 1. The standard InChI is InChI=1S/C20H21N3O4/c1-12-6-5-7-14(19(12)21)20(26)27-11-18(25)23-13(2)10-17(24)22-15-8-3-4-9-16(15)23/h3-9,13H,10-11,21H2,1-2H3,(H,22,24)/t13-/m1/s1. The smallest absolute Gasteiger partial charge is 0.340 e. The van der Waals surface area contributed by atoms with Gasteiger partial charge in [-0.1, -0.05) is 24.3 Å². The molecule has 1 aliphatic heterocycles. The number of benzene rings is 2. The predicted octanol–water partition coefficient (Wildman–Crippen LogP) is 2.50.